The molecule has 4 amide bonds. The van der Waals surface area contributed by atoms with E-state index in [4.69, 9.17) is 16.7 Å². The number of aliphatic hydroxyl groups excluding tert-OH is 1. The number of rotatable bonds is 1. The molecule has 1 heterocycles. The molecule has 7 heteroatoms. The van der Waals surface area contributed by atoms with Gasteiger partial charge in [-0.3, -0.25) is 14.9 Å². The van der Waals surface area contributed by atoms with Crippen LogP contribution in [-0.4, -0.2) is 40.0 Å². The fourth-order valence-electron chi connectivity index (χ4n) is 0.773. The summed E-state index contributed by atoms with van der Waals surface area (Å²) in [5.41, 5.74) is 0. The van der Waals surface area contributed by atoms with E-state index in [9.17, 15) is 14.4 Å². The van der Waals surface area contributed by atoms with E-state index in [0.29, 0.717) is 4.90 Å². The third-order valence-corrected chi connectivity index (χ3v) is 1.54. The molecule has 1 atom stereocenters. The second-order valence-electron chi connectivity index (χ2n) is 2.07. The third-order valence-electron chi connectivity index (χ3n) is 1.31. The van der Waals surface area contributed by atoms with Crippen LogP contribution in [0.1, 0.15) is 0 Å². The SMILES string of the molecule is O=C1NC(=O)N(C(=O)CCl)C1O. The van der Waals surface area contributed by atoms with Gasteiger partial charge >= 0.3 is 6.03 Å². The fourth-order valence-corrected chi connectivity index (χ4v) is 0.901. The minimum Gasteiger partial charge on any atom is -0.365 e. The van der Waals surface area contributed by atoms with Gasteiger partial charge in [0, 0.05) is 0 Å². The molecule has 1 aliphatic heterocycles. The smallest absolute Gasteiger partial charge is 0.333 e. The van der Waals surface area contributed by atoms with Crippen molar-refractivity contribution in [1.82, 2.24) is 10.2 Å². The Morgan fingerprint density at radius 3 is 2.58 bits per heavy atom. The predicted octanol–water partition coefficient (Wildman–Crippen LogP) is -1.38. The molecule has 1 aliphatic rings. The number of urea groups is 1. The maximum atomic E-state index is 10.8. The Morgan fingerprint density at radius 1 is 1.67 bits per heavy atom. The number of hydrogen-bond acceptors (Lipinski definition) is 4. The molecule has 0 aliphatic carbocycles. The number of carbonyl (C=O) groups is 3. The summed E-state index contributed by atoms with van der Waals surface area (Å²) >= 11 is 5.12. The summed E-state index contributed by atoms with van der Waals surface area (Å²) in [5, 5.41) is 10.7. The minimum absolute atomic E-state index is 0.370. The normalized spacial score (nSPS) is 22.8. The Morgan fingerprint density at radius 2 is 2.25 bits per heavy atom. The first-order valence-corrected chi connectivity index (χ1v) is 3.52. The molecule has 0 saturated carbocycles. The van der Waals surface area contributed by atoms with Gasteiger partial charge in [-0.15, -0.1) is 11.6 Å². The number of hydrogen-bond donors (Lipinski definition) is 2. The van der Waals surface area contributed by atoms with Gasteiger partial charge < -0.3 is 5.11 Å². The average molecular weight is 193 g/mol. The highest BCUT2D eigenvalue weighted by Crippen LogP contribution is 2.06. The topological polar surface area (TPSA) is 86.7 Å². The van der Waals surface area contributed by atoms with Crippen LogP contribution in [0.15, 0.2) is 0 Å². The summed E-state index contributed by atoms with van der Waals surface area (Å²) in [6.07, 6.45) is -1.75. The van der Waals surface area contributed by atoms with Crippen LogP contribution in [-0.2, 0) is 9.59 Å². The van der Waals surface area contributed by atoms with Crippen LogP contribution >= 0.6 is 11.6 Å². The summed E-state index contributed by atoms with van der Waals surface area (Å²) in [6.45, 7) is 0. The summed E-state index contributed by atoms with van der Waals surface area (Å²) in [6, 6.07) is -0.946. The highest BCUT2D eigenvalue weighted by molar-refractivity contribution is 6.29. The number of amides is 4. The molecule has 12 heavy (non-hydrogen) atoms. The molecule has 1 unspecified atom stereocenters. The van der Waals surface area contributed by atoms with Gasteiger partial charge in [-0.05, 0) is 0 Å². The van der Waals surface area contributed by atoms with E-state index in [1.54, 1.807) is 5.32 Å². The summed E-state index contributed by atoms with van der Waals surface area (Å²) in [4.78, 5) is 32.5. The second-order valence-corrected chi connectivity index (χ2v) is 2.33. The van der Waals surface area contributed by atoms with Gasteiger partial charge in [0.05, 0.1) is 0 Å². The zero-order valence-corrected chi connectivity index (χ0v) is 6.54. The van der Waals surface area contributed by atoms with E-state index in [2.05, 4.69) is 0 Å². The van der Waals surface area contributed by atoms with Crippen molar-refractivity contribution in [3.05, 3.63) is 0 Å². The minimum atomic E-state index is -1.75. The van der Waals surface area contributed by atoms with Gasteiger partial charge in [0.1, 0.15) is 5.88 Å². The van der Waals surface area contributed by atoms with Crippen molar-refractivity contribution in [1.29, 1.82) is 0 Å². The van der Waals surface area contributed by atoms with Crippen LogP contribution in [0.2, 0.25) is 0 Å². The van der Waals surface area contributed by atoms with Gasteiger partial charge in [0.25, 0.3) is 5.91 Å². The quantitative estimate of drug-likeness (QED) is 0.396. The van der Waals surface area contributed by atoms with Gasteiger partial charge in [-0.1, -0.05) is 0 Å². The largest absolute Gasteiger partial charge is 0.365 e. The van der Waals surface area contributed by atoms with Crippen molar-refractivity contribution in [2.75, 3.05) is 5.88 Å². The molecule has 1 fully saturated rings. The van der Waals surface area contributed by atoms with Crippen molar-refractivity contribution in [2.24, 2.45) is 0 Å². The summed E-state index contributed by atoms with van der Waals surface area (Å²) < 4.78 is 0. The molecule has 0 bridgehead atoms. The summed E-state index contributed by atoms with van der Waals surface area (Å²) in [5.74, 6) is -2.19. The van der Waals surface area contributed by atoms with E-state index in [1.165, 1.54) is 0 Å². The molecule has 66 valence electrons. The number of carbonyl (C=O) groups excluding carboxylic acids is 3. The van der Waals surface area contributed by atoms with Crippen LogP contribution in [0.4, 0.5) is 4.79 Å². The highest BCUT2D eigenvalue weighted by atomic mass is 35.5. The zero-order chi connectivity index (χ0) is 9.30. The van der Waals surface area contributed by atoms with Crippen LogP contribution in [0.5, 0.6) is 0 Å². The van der Waals surface area contributed by atoms with E-state index < -0.39 is 30.0 Å². The van der Waals surface area contributed by atoms with Crippen molar-refractivity contribution in [2.45, 2.75) is 6.23 Å². The Labute approximate surface area is 72.1 Å². The molecule has 2 N–H and O–H groups in total. The molecule has 1 rings (SSSR count). The predicted molar refractivity (Wildman–Crippen MR) is 37.1 cm³/mol. The van der Waals surface area contributed by atoms with Crippen LogP contribution in [0.3, 0.4) is 0 Å². The van der Waals surface area contributed by atoms with Crippen LogP contribution in [0, 0.1) is 0 Å². The van der Waals surface area contributed by atoms with Crippen LogP contribution < -0.4 is 5.32 Å². The fraction of sp³-hybridized carbons (Fsp3) is 0.400. The second kappa shape index (κ2) is 3.08. The lowest BCUT2D eigenvalue weighted by molar-refractivity contribution is -0.140. The average Bonchev–Trinajstić information content (AvgIpc) is 2.26. The van der Waals surface area contributed by atoms with Gasteiger partial charge in [-0.2, -0.15) is 0 Å². The molecule has 1 saturated heterocycles. The first-order chi connectivity index (χ1) is 5.57. The maximum Gasteiger partial charge on any atom is 0.333 e. The monoisotopic (exact) mass is 192 g/mol. The number of aliphatic hydroxyl groups is 1. The number of nitrogens with one attached hydrogen (secondary N) is 1. The Balaban J connectivity index is 2.83. The van der Waals surface area contributed by atoms with Crippen molar-refractivity contribution in [3.63, 3.8) is 0 Å². The Hall–Kier alpha value is -1.14. The van der Waals surface area contributed by atoms with Crippen molar-refractivity contribution < 1.29 is 19.5 Å². The lowest BCUT2D eigenvalue weighted by Crippen LogP contribution is -2.40. The Kier molecular flexibility index (Phi) is 2.30. The lowest BCUT2D eigenvalue weighted by atomic mass is 10.5. The molecule has 6 nitrogen and oxygen atoms in total. The molecule has 0 spiro atoms. The number of imide groups is 2. The first kappa shape index (κ1) is 8.95. The third kappa shape index (κ3) is 1.26. The standard InChI is InChI=1S/C5H5ClN2O4/c6-1-2(9)8-4(11)3(10)7-5(8)12/h4,11H,1H2,(H,7,10,12). The highest BCUT2D eigenvalue weighted by Gasteiger charge is 2.40. The number of halogens is 1. The van der Waals surface area contributed by atoms with E-state index in [-0.39, 0.29) is 0 Å². The Bertz CT molecular complexity index is 254. The molecular weight excluding hydrogens is 188 g/mol. The zero-order valence-electron chi connectivity index (χ0n) is 5.78. The van der Waals surface area contributed by atoms with E-state index in [1.807, 2.05) is 0 Å². The van der Waals surface area contributed by atoms with E-state index in [0.717, 1.165) is 0 Å². The van der Waals surface area contributed by atoms with Crippen molar-refractivity contribution in [3.8, 4) is 0 Å². The molecular formula is C5H5ClN2O4. The lowest BCUT2D eigenvalue weighted by Gasteiger charge is -2.12. The molecule has 0 aromatic heterocycles. The van der Waals surface area contributed by atoms with Gasteiger partial charge in [0.15, 0.2) is 0 Å². The number of alkyl halides is 1. The molecule has 0 aromatic rings. The first-order valence-electron chi connectivity index (χ1n) is 2.99. The van der Waals surface area contributed by atoms with Gasteiger partial charge in [-0.25, -0.2) is 9.69 Å². The van der Waals surface area contributed by atoms with Crippen molar-refractivity contribution >= 4 is 29.4 Å². The maximum absolute atomic E-state index is 10.8. The summed E-state index contributed by atoms with van der Waals surface area (Å²) in [7, 11) is 0. The molecule has 0 aromatic carbocycles. The van der Waals surface area contributed by atoms with E-state index >= 15 is 0 Å². The molecule has 0 radical (unpaired) electrons. The van der Waals surface area contributed by atoms with Gasteiger partial charge in [0.2, 0.25) is 12.1 Å². The number of nitrogens with zero attached hydrogens (tertiary/aromatic N) is 1. The van der Waals surface area contributed by atoms with Crippen LogP contribution in [0.25, 0.3) is 0 Å².